The smallest absolute Gasteiger partial charge is 0.475 e. The molecule has 0 aromatic carbocycles. The topological polar surface area (TPSA) is 171 Å². The predicted octanol–water partition coefficient (Wildman–Crippen LogP) is 0.289. The van der Waals surface area contributed by atoms with E-state index in [4.69, 9.17) is 27.1 Å². The molecule has 0 saturated carbocycles. The fraction of sp³-hybridized carbons (Fsp3) is 0.333. The summed E-state index contributed by atoms with van der Waals surface area (Å²) in [4.78, 5) is 22.6. The highest BCUT2D eigenvalue weighted by Crippen LogP contribution is 2.26. The number of rotatable bonds is 3. The van der Waals surface area contributed by atoms with Gasteiger partial charge < -0.3 is 22.3 Å². The Hall–Kier alpha value is -2.63. The maximum absolute atomic E-state index is 10.6. The van der Waals surface area contributed by atoms with E-state index in [2.05, 4.69) is 4.98 Å². The van der Waals surface area contributed by atoms with Crippen LogP contribution in [0, 0.1) is 10.1 Å². The zero-order valence-corrected chi connectivity index (χ0v) is 10.4. The number of nitrogen functional groups attached to an aromatic ring is 2. The van der Waals surface area contributed by atoms with Crippen molar-refractivity contribution in [3.05, 3.63) is 21.7 Å². The number of hydrogen-bond donors (Lipinski definition) is 4. The molecule has 0 aliphatic heterocycles. The molecule has 7 N–H and O–H groups in total. The molecule has 118 valence electrons. The van der Waals surface area contributed by atoms with Crippen molar-refractivity contribution in [1.82, 2.24) is 4.98 Å². The molecule has 0 radical (unpaired) electrons. The summed E-state index contributed by atoms with van der Waals surface area (Å²) < 4.78 is 31.7. The van der Waals surface area contributed by atoms with Crippen LogP contribution in [0.1, 0.15) is 5.56 Å². The number of aliphatic carboxylic acids is 1. The minimum atomic E-state index is -5.08. The number of hydrogen-bond acceptors (Lipinski definition) is 7. The number of alkyl halides is 3. The molecular weight excluding hydrogens is 299 g/mol. The molecule has 0 bridgehead atoms. The summed E-state index contributed by atoms with van der Waals surface area (Å²) in [5, 5.41) is 17.8. The van der Waals surface area contributed by atoms with Crippen LogP contribution < -0.4 is 17.2 Å². The highest BCUT2D eigenvalue weighted by molar-refractivity contribution is 5.73. The molecule has 0 atom stereocenters. The van der Waals surface area contributed by atoms with E-state index in [1.54, 1.807) is 0 Å². The van der Waals surface area contributed by atoms with Gasteiger partial charge in [-0.25, -0.2) is 9.78 Å². The van der Waals surface area contributed by atoms with Crippen molar-refractivity contribution < 1.29 is 28.0 Å². The van der Waals surface area contributed by atoms with Gasteiger partial charge in [0, 0.05) is 5.56 Å². The summed E-state index contributed by atoms with van der Waals surface area (Å²) >= 11 is 0. The number of pyridine rings is 1. The van der Waals surface area contributed by atoms with Gasteiger partial charge in [-0.3, -0.25) is 10.1 Å². The van der Waals surface area contributed by atoms with Crippen molar-refractivity contribution in [1.29, 1.82) is 0 Å². The highest BCUT2D eigenvalue weighted by Gasteiger charge is 2.38. The summed E-state index contributed by atoms with van der Waals surface area (Å²) in [6.45, 7) is 0.295. The number of halogens is 3. The normalized spacial score (nSPS) is 10.5. The lowest BCUT2D eigenvalue weighted by atomic mass is 10.1. The molecule has 9 nitrogen and oxygen atoms in total. The Labute approximate surface area is 115 Å². The van der Waals surface area contributed by atoms with Gasteiger partial charge in [-0.2, -0.15) is 13.2 Å². The largest absolute Gasteiger partial charge is 0.490 e. The summed E-state index contributed by atoms with van der Waals surface area (Å²) in [5.74, 6) is -2.76. The van der Waals surface area contributed by atoms with Gasteiger partial charge in [0.2, 0.25) is 5.82 Å². The number of carboxylic acids is 1. The molecule has 12 heteroatoms. The number of nitro groups is 1. The van der Waals surface area contributed by atoms with Gasteiger partial charge in [0.1, 0.15) is 5.82 Å². The Morgan fingerprint density at radius 2 is 1.90 bits per heavy atom. The number of carboxylic acid groups (broad SMARTS) is 1. The van der Waals surface area contributed by atoms with Crippen molar-refractivity contribution >= 4 is 23.3 Å². The van der Waals surface area contributed by atoms with Crippen molar-refractivity contribution in [2.24, 2.45) is 5.73 Å². The molecular formula is C9H12F3N5O4. The summed E-state index contributed by atoms with van der Waals surface area (Å²) in [7, 11) is 0. The van der Waals surface area contributed by atoms with Crippen LogP contribution in [0.3, 0.4) is 0 Å². The molecule has 21 heavy (non-hydrogen) atoms. The van der Waals surface area contributed by atoms with Gasteiger partial charge in [-0.05, 0) is 19.0 Å². The lowest BCUT2D eigenvalue weighted by Gasteiger charge is -2.04. The molecule has 0 saturated heterocycles. The van der Waals surface area contributed by atoms with Crippen LogP contribution in [0.15, 0.2) is 6.07 Å². The van der Waals surface area contributed by atoms with E-state index in [1.807, 2.05) is 0 Å². The van der Waals surface area contributed by atoms with Gasteiger partial charge in [-0.15, -0.1) is 0 Å². The van der Waals surface area contributed by atoms with Gasteiger partial charge >= 0.3 is 17.8 Å². The van der Waals surface area contributed by atoms with Crippen LogP contribution in [0.2, 0.25) is 0 Å². The first-order valence-corrected chi connectivity index (χ1v) is 5.20. The molecule has 0 aliphatic rings. The maximum Gasteiger partial charge on any atom is 0.490 e. The Kier molecular flexibility index (Phi) is 6.33. The minimum absolute atomic E-state index is 0.163. The SMILES string of the molecule is NCCc1cc(N)nc(N)c1[N+](=O)[O-].O=C(O)C(F)(F)F. The van der Waals surface area contributed by atoms with Crippen LogP contribution >= 0.6 is 0 Å². The predicted molar refractivity (Wildman–Crippen MR) is 66.2 cm³/mol. The molecule has 1 aromatic heterocycles. The standard InChI is InChI=1S/C7H11N5O2.C2HF3O2/c8-2-1-4-3-5(9)11-7(10)6(4)12(13)14;3-2(4,5)1(6)7/h3H,1-2,8H2,(H4,9,10,11);(H,6,7). The van der Waals surface area contributed by atoms with Crippen molar-refractivity contribution in [2.45, 2.75) is 12.6 Å². The fourth-order valence-electron chi connectivity index (χ4n) is 1.19. The first-order chi connectivity index (χ1) is 9.50. The second kappa shape index (κ2) is 7.23. The van der Waals surface area contributed by atoms with E-state index in [0.717, 1.165) is 0 Å². The Balaban J connectivity index is 0.000000486. The minimum Gasteiger partial charge on any atom is -0.475 e. The molecule has 0 spiro atoms. The molecule has 0 fully saturated rings. The maximum atomic E-state index is 10.6. The molecule has 0 amide bonds. The molecule has 0 aliphatic carbocycles. The summed E-state index contributed by atoms with van der Waals surface area (Å²) in [6, 6.07) is 1.42. The zero-order valence-electron chi connectivity index (χ0n) is 10.4. The third kappa shape index (κ3) is 5.90. The second-order valence-electron chi connectivity index (χ2n) is 3.54. The van der Waals surface area contributed by atoms with Crippen molar-refractivity contribution in [3.63, 3.8) is 0 Å². The molecule has 1 heterocycles. The van der Waals surface area contributed by atoms with Gasteiger partial charge in [0.25, 0.3) is 0 Å². The number of carbonyl (C=O) groups is 1. The fourth-order valence-corrected chi connectivity index (χ4v) is 1.19. The van der Waals surface area contributed by atoms with E-state index in [1.165, 1.54) is 6.07 Å². The van der Waals surface area contributed by atoms with Crippen molar-refractivity contribution in [3.8, 4) is 0 Å². The number of nitrogens with zero attached hydrogens (tertiary/aromatic N) is 2. The summed E-state index contributed by atoms with van der Waals surface area (Å²) in [6.07, 6.45) is -4.73. The van der Waals surface area contributed by atoms with E-state index >= 15 is 0 Å². The number of nitrogens with two attached hydrogens (primary N) is 3. The first kappa shape index (κ1) is 18.4. The highest BCUT2D eigenvalue weighted by atomic mass is 19.4. The third-order valence-electron chi connectivity index (χ3n) is 1.96. The van der Waals surface area contributed by atoms with Crippen LogP contribution in [-0.2, 0) is 11.2 Å². The van der Waals surface area contributed by atoms with E-state index in [9.17, 15) is 23.3 Å². The Morgan fingerprint density at radius 1 is 1.43 bits per heavy atom. The first-order valence-electron chi connectivity index (χ1n) is 5.20. The van der Waals surface area contributed by atoms with E-state index in [-0.39, 0.29) is 17.3 Å². The van der Waals surface area contributed by atoms with E-state index in [0.29, 0.717) is 18.5 Å². The second-order valence-corrected chi connectivity index (χ2v) is 3.54. The molecule has 0 unspecified atom stereocenters. The van der Waals surface area contributed by atoms with E-state index < -0.39 is 17.1 Å². The van der Waals surface area contributed by atoms with Crippen LogP contribution in [0.4, 0.5) is 30.5 Å². The van der Waals surface area contributed by atoms with Gasteiger partial charge in [-0.1, -0.05) is 0 Å². The molecule has 1 aromatic rings. The number of aromatic nitrogens is 1. The lowest BCUT2D eigenvalue weighted by molar-refractivity contribution is -0.384. The zero-order chi connectivity index (χ0) is 16.8. The average Bonchev–Trinajstić information content (AvgIpc) is 2.26. The third-order valence-corrected chi connectivity index (χ3v) is 1.96. The monoisotopic (exact) mass is 311 g/mol. The Bertz CT molecular complexity index is 535. The quantitative estimate of drug-likeness (QED) is 0.455. The Morgan fingerprint density at radius 3 is 2.24 bits per heavy atom. The lowest BCUT2D eigenvalue weighted by Crippen LogP contribution is -2.21. The van der Waals surface area contributed by atoms with Gasteiger partial charge in [0.15, 0.2) is 0 Å². The van der Waals surface area contributed by atoms with Gasteiger partial charge in [0.05, 0.1) is 4.92 Å². The molecule has 1 rings (SSSR count). The number of anilines is 2. The van der Waals surface area contributed by atoms with Crippen LogP contribution in [0.5, 0.6) is 0 Å². The summed E-state index contributed by atoms with van der Waals surface area (Å²) in [5.41, 5.74) is 16.3. The van der Waals surface area contributed by atoms with Crippen LogP contribution in [0.25, 0.3) is 0 Å². The van der Waals surface area contributed by atoms with Crippen molar-refractivity contribution in [2.75, 3.05) is 18.0 Å². The van der Waals surface area contributed by atoms with Crippen LogP contribution in [-0.4, -0.2) is 33.7 Å². The average molecular weight is 311 g/mol.